The average molecular weight is 356 g/mol. The van der Waals surface area contributed by atoms with Crippen molar-refractivity contribution in [1.82, 2.24) is 0 Å². The number of fused-ring (bicyclic) bond motifs is 1. The van der Waals surface area contributed by atoms with Gasteiger partial charge in [-0.3, -0.25) is 0 Å². The molecular weight excluding hydrogens is 331 g/mol. The van der Waals surface area contributed by atoms with E-state index >= 15 is 0 Å². The second-order valence-electron chi connectivity index (χ2n) is 6.63. The van der Waals surface area contributed by atoms with E-state index in [0.717, 1.165) is 6.42 Å². The Morgan fingerprint density at radius 2 is 2.05 bits per heavy atom. The Kier molecular flexibility index (Phi) is 4.32. The zero-order valence-electron chi connectivity index (χ0n) is 13.1. The van der Waals surface area contributed by atoms with Gasteiger partial charge in [0.2, 0.25) is 0 Å². The second kappa shape index (κ2) is 6.05. The zero-order chi connectivity index (χ0) is 14.9. The molecule has 0 saturated carbocycles. The minimum atomic E-state index is -2.36. The Bertz CT molecular complexity index is 644. The maximum absolute atomic E-state index is 3.88. The first kappa shape index (κ1) is 15.0. The van der Waals surface area contributed by atoms with E-state index in [4.69, 9.17) is 0 Å². The number of hydrogen-bond donors (Lipinski definition) is 0. The molecule has 0 radical (unpaired) electrons. The van der Waals surface area contributed by atoms with E-state index in [1.54, 1.807) is 11.1 Å². The molecule has 0 fully saturated rings. The first-order valence-corrected chi connectivity index (χ1v) is 15.5. The molecule has 1 atom stereocenters. The number of rotatable bonds is 5. The van der Waals surface area contributed by atoms with Gasteiger partial charge in [0.25, 0.3) is 0 Å². The quantitative estimate of drug-likeness (QED) is 0.553. The molecule has 0 N–H and O–H groups in total. The molecule has 0 heterocycles. The van der Waals surface area contributed by atoms with Gasteiger partial charge >= 0.3 is 134 Å². The summed E-state index contributed by atoms with van der Waals surface area (Å²) in [5.74, 6) is 0. The van der Waals surface area contributed by atoms with Crippen LogP contribution in [0.25, 0.3) is 6.08 Å². The molecule has 0 spiro atoms. The molecule has 0 saturated heterocycles. The van der Waals surface area contributed by atoms with E-state index in [0.29, 0.717) is 3.63 Å². The fraction of sp³-hybridized carbons (Fsp3) is 0.300. The van der Waals surface area contributed by atoms with E-state index < -0.39 is 20.3 Å². The van der Waals surface area contributed by atoms with Crippen molar-refractivity contribution in [2.24, 2.45) is 0 Å². The molecule has 1 heteroatoms. The molecule has 1 aromatic carbocycles. The molecule has 0 amide bonds. The molecule has 108 valence electrons. The summed E-state index contributed by atoms with van der Waals surface area (Å²) in [5, 5.41) is 0. The third kappa shape index (κ3) is 2.73. The third-order valence-electron chi connectivity index (χ3n) is 5.00. The van der Waals surface area contributed by atoms with Crippen LogP contribution >= 0.6 is 0 Å². The van der Waals surface area contributed by atoms with Crippen LogP contribution in [0.4, 0.5) is 0 Å². The molecule has 2 aliphatic carbocycles. The topological polar surface area (TPSA) is 0 Å². The van der Waals surface area contributed by atoms with Crippen molar-refractivity contribution in [1.29, 1.82) is 0 Å². The second-order valence-corrected chi connectivity index (χ2v) is 18.1. The molecule has 0 nitrogen and oxygen atoms in total. The number of hydrogen-bond acceptors (Lipinski definition) is 0. The first-order valence-electron chi connectivity index (χ1n) is 7.91. The monoisotopic (exact) mass is 354 g/mol. The van der Waals surface area contributed by atoms with Crippen molar-refractivity contribution >= 4 is 6.08 Å². The van der Waals surface area contributed by atoms with E-state index in [2.05, 4.69) is 64.4 Å². The van der Waals surface area contributed by atoms with Crippen LogP contribution in [0, 0.1) is 0 Å². The fourth-order valence-electron chi connectivity index (χ4n) is 3.79. The summed E-state index contributed by atoms with van der Waals surface area (Å²) in [4.78, 5) is 0. The number of allylic oxidation sites excluding steroid dienone is 6. The maximum atomic E-state index is 3.88. The Labute approximate surface area is 133 Å². The standard InChI is InChI=1S/C9H7.C9H11.2CH3.Zr/c1-2-5-9-7-3-6-8(9)4-1;1-2-3-6-9-7-4-5-8-9;;;/h1-7H;2,4,7H,1,3,5-6H2;2*1H3;. The Morgan fingerprint density at radius 1 is 1.24 bits per heavy atom. The molecule has 21 heavy (non-hydrogen) atoms. The molecule has 0 aliphatic heterocycles. The summed E-state index contributed by atoms with van der Waals surface area (Å²) < 4.78 is 7.74. The van der Waals surface area contributed by atoms with Gasteiger partial charge in [-0.25, -0.2) is 0 Å². The summed E-state index contributed by atoms with van der Waals surface area (Å²) in [5.41, 5.74) is 4.63. The van der Waals surface area contributed by atoms with Gasteiger partial charge in [0.15, 0.2) is 0 Å². The van der Waals surface area contributed by atoms with Gasteiger partial charge in [0.1, 0.15) is 0 Å². The molecule has 3 rings (SSSR count). The normalized spacial score (nSPS) is 20.2. The average Bonchev–Trinajstić information content (AvgIpc) is 3.12. The van der Waals surface area contributed by atoms with E-state index in [9.17, 15) is 0 Å². The van der Waals surface area contributed by atoms with E-state index in [1.165, 1.54) is 18.4 Å². The Balaban J connectivity index is 1.95. The van der Waals surface area contributed by atoms with Crippen molar-refractivity contribution in [3.8, 4) is 0 Å². The van der Waals surface area contributed by atoms with Gasteiger partial charge in [0, 0.05) is 0 Å². The first-order chi connectivity index (χ1) is 10.1. The molecular formula is C20H24Zr. The van der Waals surface area contributed by atoms with Gasteiger partial charge in [-0.2, -0.15) is 0 Å². The van der Waals surface area contributed by atoms with Crippen LogP contribution in [-0.4, -0.2) is 0 Å². The van der Waals surface area contributed by atoms with Gasteiger partial charge < -0.3 is 0 Å². The van der Waals surface area contributed by atoms with E-state index in [1.807, 2.05) is 9.36 Å². The van der Waals surface area contributed by atoms with Crippen LogP contribution in [0.15, 0.2) is 64.0 Å². The fourth-order valence-corrected chi connectivity index (χ4v) is 12.8. The predicted molar refractivity (Wildman–Crippen MR) is 90.2 cm³/mol. The van der Waals surface area contributed by atoms with Crippen LogP contribution in [0.5, 0.6) is 0 Å². The van der Waals surface area contributed by atoms with Crippen molar-refractivity contribution < 1.29 is 20.3 Å². The summed E-state index contributed by atoms with van der Waals surface area (Å²) in [6, 6.07) is 8.94. The van der Waals surface area contributed by atoms with Crippen molar-refractivity contribution in [2.75, 3.05) is 0 Å². The van der Waals surface area contributed by atoms with Crippen molar-refractivity contribution in [2.45, 2.75) is 32.2 Å². The van der Waals surface area contributed by atoms with E-state index in [-0.39, 0.29) is 0 Å². The Morgan fingerprint density at radius 3 is 2.86 bits per heavy atom. The SMILES string of the molecule is C=CCCC1=[C]([Zr]([CH3])([CH3])[CH]2C=Cc3ccccc32)CC=C1. The summed E-state index contributed by atoms with van der Waals surface area (Å²) in [6.07, 6.45) is 15.1. The molecule has 0 bridgehead atoms. The van der Waals surface area contributed by atoms with Crippen LogP contribution < -0.4 is 0 Å². The van der Waals surface area contributed by atoms with Crippen molar-refractivity contribution in [3.63, 3.8) is 0 Å². The van der Waals surface area contributed by atoms with Crippen LogP contribution in [0.2, 0.25) is 9.26 Å². The van der Waals surface area contributed by atoms with Crippen LogP contribution in [0.1, 0.15) is 34.0 Å². The van der Waals surface area contributed by atoms with Gasteiger partial charge in [-0.15, -0.1) is 0 Å². The Hall–Kier alpha value is -0.937. The summed E-state index contributed by atoms with van der Waals surface area (Å²) >= 11 is -2.36. The minimum absolute atomic E-state index is 0.698. The summed E-state index contributed by atoms with van der Waals surface area (Å²) in [7, 11) is 0. The van der Waals surface area contributed by atoms with Crippen LogP contribution in [0.3, 0.4) is 0 Å². The zero-order valence-corrected chi connectivity index (χ0v) is 15.6. The van der Waals surface area contributed by atoms with Gasteiger partial charge in [0.05, 0.1) is 0 Å². The number of benzene rings is 1. The molecule has 1 unspecified atom stereocenters. The van der Waals surface area contributed by atoms with Gasteiger partial charge in [-0.1, -0.05) is 0 Å². The molecule has 2 aliphatic rings. The van der Waals surface area contributed by atoms with Crippen LogP contribution in [-0.2, 0) is 20.3 Å². The third-order valence-corrected chi connectivity index (χ3v) is 15.2. The van der Waals surface area contributed by atoms with Gasteiger partial charge in [-0.05, 0) is 0 Å². The van der Waals surface area contributed by atoms with Crippen molar-refractivity contribution in [3.05, 3.63) is 75.1 Å². The molecule has 0 aromatic heterocycles. The summed E-state index contributed by atoms with van der Waals surface area (Å²) in [6.45, 7) is 3.88. The molecule has 1 aromatic rings. The predicted octanol–water partition coefficient (Wildman–Crippen LogP) is 6.18.